The summed E-state index contributed by atoms with van der Waals surface area (Å²) in [6, 6.07) is 2.60. The third-order valence-corrected chi connectivity index (χ3v) is 2.07. The van der Waals surface area contributed by atoms with E-state index < -0.39 is 18.7 Å². The average molecular weight is 298 g/mol. The first-order valence-electron chi connectivity index (χ1n) is 5.14. The molecule has 0 bridgehead atoms. The molecule has 1 rings (SSSR count). The van der Waals surface area contributed by atoms with E-state index in [0.29, 0.717) is 0 Å². The van der Waals surface area contributed by atoms with Crippen LogP contribution in [0.4, 0.5) is 19.0 Å². The van der Waals surface area contributed by atoms with Crippen molar-refractivity contribution in [2.75, 3.05) is 25.5 Å². The van der Waals surface area contributed by atoms with Crippen LogP contribution in [0, 0.1) is 0 Å². The lowest BCUT2D eigenvalue weighted by Gasteiger charge is -2.08. The summed E-state index contributed by atoms with van der Waals surface area (Å²) >= 11 is 5.61. The van der Waals surface area contributed by atoms with Gasteiger partial charge in [0.05, 0.1) is 6.61 Å². The monoisotopic (exact) mass is 297 g/mol. The van der Waals surface area contributed by atoms with Crippen molar-refractivity contribution in [1.29, 1.82) is 0 Å². The quantitative estimate of drug-likeness (QED) is 0.639. The van der Waals surface area contributed by atoms with Crippen molar-refractivity contribution in [3.8, 4) is 0 Å². The number of hydrogen-bond acceptors (Lipinski definition) is 4. The van der Waals surface area contributed by atoms with Gasteiger partial charge >= 0.3 is 6.18 Å². The molecule has 1 heterocycles. The van der Waals surface area contributed by atoms with E-state index in [2.05, 4.69) is 15.0 Å². The van der Waals surface area contributed by atoms with Gasteiger partial charge in [-0.25, -0.2) is 4.98 Å². The maximum absolute atomic E-state index is 11.7. The number of aromatic nitrogens is 1. The van der Waals surface area contributed by atoms with Gasteiger partial charge in [0.15, 0.2) is 0 Å². The largest absolute Gasteiger partial charge is 0.411 e. The van der Waals surface area contributed by atoms with Gasteiger partial charge in [0.25, 0.3) is 5.91 Å². The molecule has 1 aromatic rings. The zero-order valence-corrected chi connectivity index (χ0v) is 10.4. The Kier molecular flexibility index (Phi) is 5.37. The number of nitrogen functional groups attached to an aromatic ring is 1. The lowest BCUT2D eigenvalue weighted by molar-refractivity contribution is -0.173. The van der Waals surface area contributed by atoms with E-state index in [9.17, 15) is 18.0 Å². The number of carbonyl (C=O) groups is 1. The Morgan fingerprint density at radius 2 is 2.16 bits per heavy atom. The minimum atomic E-state index is -4.38. The van der Waals surface area contributed by atoms with Crippen molar-refractivity contribution < 1.29 is 22.7 Å². The molecule has 0 saturated carbocycles. The molecule has 19 heavy (non-hydrogen) atoms. The SMILES string of the molecule is Nc1cc(C(=O)NCCOCC(F)(F)F)cc(Cl)n1. The fourth-order valence-corrected chi connectivity index (χ4v) is 1.39. The Balaban J connectivity index is 2.35. The minimum absolute atomic E-state index is 0.0541. The number of alkyl halides is 3. The second kappa shape index (κ2) is 6.58. The normalized spacial score (nSPS) is 11.4. The molecule has 3 N–H and O–H groups in total. The number of anilines is 1. The molecule has 106 valence electrons. The predicted octanol–water partition coefficient (Wildman–Crippen LogP) is 1.63. The van der Waals surface area contributed by atoms with Crippen LogP contribution in [0.25, 0.3) is 0 Å². The van der Waals surface area contributed by atoms with Gasteiger partial charge in [0, 0.05) is 12.1 Å². The highest BCUT2D eigenvalue weighted by molar-refractivity contribution is 6.29. The van der Waals surface area contributed by atoms with Gasteiger partial charge in [-0.2, -0.15) is 13.2 Å². The number of nitrogens with two attached hydrogens (primary N) is 1. The number of carbonyl (C=O) groups excluding carboxylic acids is 1. The zero-order chi connectivity index (χ0) is 14.5. The third-order valence-electron chi connectivity index (χ3n) is 1.87. The summed E-state index contributed by atoms with van der Waals surface area (Å²) in [5.74, 6) is -0.447. The van der Waals surface area contributed by atoms with Crippen LogP contribution in [0.1, 0.15) is 10.4 Å². The van der Waals surface area contributed by atoms with Crippen LogP contribution < -0.4 is 11.1 Å². The number of nitrogens with zero attached hydrogens (tertiary/aromatic N) is 1. The molecule has 0 saturated heterocycles. The first-order chi connectivity index (χ1) is 8.78. The van der Waals surface area contributed by atoms with Crippen LogP contribution in [0.5, 0.6) is 0 Å². The van der Waals surface area contributed by atoms with E-state index >= 15 is 0 Å². The summed E-state index contributed by atoms with van der Waals surface area (Å²) in [6.45, 7) is -1.66. The summed E-state index contributed by atoms with van der Waals surface area (Å²) < 4.78 is 39.6. The number of ether oxygens (including phenoxy) is 1. The second-order valence-electron chi connectivity index (χ2n) is 3.53. The van der Waals surface area contributed by atoms with E-state index in [1.54, 1.807) is 0 Å². The first kappa shape index (κ1) is 15.5. The number of halogens is 4. The van der Waals surface area contributed by atoms with Crippen molar-refractivity contribution in [2.24, 2.45) is 0 Å². The zero-order valence-electron chi connectivity index (χ0n) is 9.63. The molecule has 1 amide bonds. The second-order valence-corrected chi connectivity index (χ2v) is 3.91. The van der Waals surface area contributed by atoms with E-state index in [1.807, 2.05) is 0 Å². The van der Waals surface area contributed by atoms with Crippen LogP contribution in [0.3, 0.4) is 0 Å². The molecule has 0 aliphatic carbocycles. The first-order valence-corrected chi connectivity index (χ1v) is 5.51. The molecule has 0 aromatic carbocycles. The summed E-state index contributed by atoms with van der Waals surface area (Å²) in [6.07, 6.45) is -4.38. The van der Waals surface area contributed by atoms with Gasteiger partial charge in [-0.15, -0.1) is 0 Å². The molecule has 0 aliphatic heterocycles. The maximum Gasteiger partial charge on any atom is 0.411 e. The molecular weight excluding hydrogens is 287 g/mol. The van der Waals surface area contributed by atoms with Crippen molar-refractivity contribution in [3.05, 3.63) is 22.8 Å². The van der Waals surface area contributed by atoms with Gasteiger partial charge in [-0.05, 0) is 12.1 Å². The van der Waals surface area contributed by atoms with E-state index in [1.165, 1.54) is 12.1 Å². The number of hydrogen-bond donors (Lipinski definition) is 2. The highest BCUT2D eigenvalue weighted by Crippen LogP contribution is 2.14. The van der Waals surface area contributed by atoms with Crippen molar-refractivity contribution in [1.82, 2.24) is 10.3 Å². The molecule has 0 fully saturated rings. The Bertz CT molecular complexity index is 434. The number of amides is 1. The van der Waals surface area contributed by atoms with E-state index in [4.69, 9.17) is 17.3 Å². The molecule has 9 heteroatoms. The Morgan fingerprint density at radius 1 is 1.47 bits per heavy atom. The maximum atomic E-state index is 11.7. The summed E-state index contributed by atoms with van der Waals surface area (Å²) in [5.41, 5.74) is 5.57. The molecule has 5 nitrogen and oxygen atoms in total. The number of rotatable bonds is 5. The van der Waals surface area contributed by atoms with Gasteiger partial charge < -0.3 is 15.8 Å². The highest BCUT2D eigenvalue weighted by atomic mass is 35.5. The molecule has 0 spiro atoms. The lowest BCUT2D eigenvalue weighted by Crippen LogP contribution is -2.29. The molecule has 0 unspecified atom stereocenters. The smallest absolute Gasteiger partial charge is 0.384 e. The number of nitrogens with one attached hydrogen (secondary N) is 1. The highest BCUT2D eigenvalue weighted by Gasteiger charge is 2.27. The third kappa shape index (κ3) is 6.25. The van der Waals surface area contributed by atoms with Crippen molar-refractivity contribution in [2.45, 2.75) is 6.18 Å². The van der Waals surface area contributed by atoms with E-state index in [-0.39, 0.29) is 29.7 Å². The molecule has 1 aromatic heterocycles. The number of pyridine rings is 1. The lowest BCUT2D eigenvalue weighted by atomic mass is 10.2. The summed E-state index contributed by atoms with van der Waals surface area (Å²) in [5, 5.41) is 2.42. The van der Waals surface area contributed by atoms with Crippen molar-refractivity contribution in [3.63, 3.8) is 0 Å². The van der Waals surface area contributed by atoms with Crippen LogP contribution in [-0.2, 0) is 4.74 Å². The fourth-order valence-electron chi connectivity index (χ4n) is 1.17. The molecule has 0 atom stereocenters. The van der Waals surface area contributed by atoms with Crippen LogP contribution in [0.15, 0.2) is 12.1 Å². The fraction of sp³-hybridized carbons (Fsp3) is 0.400. The molecule has 0 aliphatic rings. The van der Waals surface area contributed by atoms with Gasteiger partial charge in [-0.3, -0.25) is 4.79 Å². The van der Waals surface area contributed by atoms with E-state index in [0.717, 1.165) is 0 Å². The Labute approximate surface area is 111 Å². The van der Waals surface area contributed by atoms with Crippen LogP contribution in [-0.4, -0.2) is 36.8 Å². The van der Waals surface area contributed by atoms with Crippen molar-refractivity contribution >= 4 is 23.3 Å². The van der Waals surface area contributed by atoms with Gasteiger partial charge in [0.1, 0.15) is 17.6 Å². The van der Waals surface area contributed by atoms with Crippen LogP contribution in [0.2, 0.25) is 5.15 Å². The Hall–Kier alpha value is -1.54. The summed E-state index contributed by atoms with van der Waals surface area (Å²) in [4.78, 5) is 15.2. The Morgan fingerprint density at radius 3 is 2.74 bits per heavy atom. The topological polar surface area (TPSA) is 77.2 Å². The van der Waals surface area contributed by atoms with Crippen LogP contribution >= 0.6 is 11.6 Å². The minimum Gasteiger partial charge on any atom is -0.384 e. The standard InChI is InChI=1S/C10H11ClF3N3O2/c11-7-3-6(4-8(15)17-7)9(18)16-1-2-19-5-10(12,13)14/h3-4H,1-2,5H2,(H2,15,17)(H,16,18). The molecule has 0 radical (unpaired) electrons. The molecular formula is C10H11ClF3N3O2. The summed E-state index contributed by atoms with van der Waals surface area (Å²) in [7, 11) is 0. The van der Waals surface area contributed by atoms with Gasteiger partial charge in [0.2, 0.25) is 0 Å². The van der Waals surface area contributed by atoms with Gasteiger partial charge in [-0.1, -0.05) is 11.6 Å². The predicted molar refractivity (Wildman–Crippen MR) is 62.9 cm³/mol. The average Bonchev–Trinajstić information content (AvgIpc) is 2.25.